The molecule has 1 aromatic heterocycles. The predicted molar refractivity (Wildman–Crippen MR) is 235 cm³/mol. The van der Waals surface area contributed by atoms with Gasteiger partial charge in [-0.2, -0.15) is 0 Å². The molecule has 0 unspecified atom stereocenters. The third kappa shape index (κ3) is 5.97. The van der Waals surface area contributed by atoms with Gasteiger partial charge in [-0.15, -0.1) is 0 Å². The quantitative estimate of drug-likeness (QED) is 0.163. The molecule has 274 valence electrons. The zero-order valence-electron chi connectivity index (χ0n) is 32.0. The van der Waals surface area contributed by atoms with Crippen molar-refractivity contribution in [1.29, 1.82) is 0 Å². The van der Waals surface area contributed by atoms with Crippen LogP contribution < -0.4 is 14.7 Å². The lowest BCUT2D eigenvalue weighted by molar-refractivity contribution is 0.532. The second kappa shape index (κ2) is 14.4. The Kier molecular flexibility index (Phi) is 8.75. The lowest BCUT2D eigenvalue weighted by Gasteiger charge is -2.40. The fraction of sp³-hybridized carbons (Fsp3) is 0.173. The van der Waals surface area contributed by atoms with Gasteiger partial charge in [-0.05, 0) is 133 Å². The summed E-state index contributed by atoms with van der Waals surface area (Å²) < 4.78 is 0. The van der Waals surface area contributed by atoms with E-state index in [1.54, 1.807) is 0 Å². The molecule has 1 aliphatic carbocycles. The zero-order valence-corrected chi connectivity index (χ0v) is 32.0. The summed E-state index contributed by atoms with van der Waals surface area (Å²) in [6.45, 7) is 3.36. The van der Waals surface area contributed by atoms with E-state index in [2.05, 4.69) is 192 Å². The van der Waals surface area contributed by atoms with Crippen molar-refractivity contribution in [2.24, 2.45) is 0 Å². The molecule has 0 atom stereocenters. The molecule has 4 nitrogen and oxygen atoms in total. The van der Waals surface area contributed by atoms with Gasteiger partial charge in [0, 0.05) is 29.0 Å². The predicted octanol–water partition coefficient (Wildman–Crippen LogP) is 13.8. The minimum absolute atomic E-state index is 0.0102. The summed E-state index contributed by atoms with van der Waals surface area (Å²) in [6, 6.07) is 57.6. The molecule has 2 aliphatic heterocycles. The molecular formula is C52H46N4. The number of para-hydroxylation sites is 6. The molecule has 0 bridgehead atoms. The van der Waals surface area contributed by atoms with Gasteiger partial charge >= 0.3 is 0 Å². The van der Waals surface area contributed by atoms with E-state index in [4.69, 9.17) is 4.98 Å². The lowest BCUT2D eigenvalue weighted by Crippen LogP contribution is -2.27. The molecule has 3 heterocycles. The van der Waals surface area contributed by atoms with Gasteiger partial charge in [-0.3, -0.25) is 4.98 Å². The molecule has 0 saturated heterocycles. The van der Waals surface area contributed by atoms with Gasteiger partial charge in [0.2, 0.25) is 0 Å². The number of hydrogen-bond acceptors (Lipinski definition) is 4. The number of pyridine rings is 1. The average Bonchev–Trinajstić information content (AvgIpc) is 3.77. The summed E-state index contributed by atoms with van der Waals surface area (Å²) in [6.07, 6.45) is 13.6. The van der Waals surface area contributed by atoms with Gasteiger partial charge in [0.25, 0.3) is 0 Å². The molecule has 6 aromatic carbocycles. The standard InChI is InChI=1S/C52H46N4/c1-38-26-27-39(35-46(38)52(32-11-12-33-52)41-17-13-20-44(36-41)54-34-14-16-40-15-5-6-21-47(40)54)28-29-42-30-31-45(37-53-42)56-50-24-9-7-22-48(50)55(43-18-3-2-4-19-43)49-23-8-10-25-51(49)56/h2-10,13,15,17-31,35-37H,11-12,14,16,32-34H2,1H3/b29-28+. The van der Waals surface area contributed by atoms with Crippen LogP contribution in [0.25, 0.3) is 12.2 Å². The van der Waals surface area contributed by atoms with Crippen molar-refractivity contribution in [3.05, 3.63) is 197 Å². The molecule has 56 heavy (non-hydrogen) atoms. The summed E-state index contributed by atoms with van der Waals surface area (Å²) in [4.78, 5) is 12.2. The second-order valence-electron chi connectivity index (χ2n) is 15.6. The van der Waals surface area contributed by atoms with Crippen molar-refractivity contribution in [2.45, 2.75) is 50.9 Å². The number of benzene rings is 6. The van der Waals surface area contributed by atoms with Crippen molar-refractivity contribution >= 4 is 57.7 Å². The van der Waals surface area contributed by atoms with Crippen LogP contribution >= 0.6 is 0 Å². The summed E-state index contributed by atoms with van der Waals surface area (Å²) in [7, 11) is 0. The Bertz CT molecular complexity index is 2500. The Morgan fingerprint density at radius 3 is 1.88 bits per heavy atom. The fourth-order valence-electron chi connectivity index (χ4n) is 9.61. The van der Waals surface area contributed by atoms with Gasteiger partial charge in [0.15, 0.2) is 0 Å². The summed E-state index contributed by atoms with van der Waals surface area (Å²) in [5.74, 6) is 0. The number of nitrogens with zero attached hydrogens (tertiary/aromatic N) is 4. The number of fused-ring (bicyclic) bond motifs is 3. The van der Waals surface area contributed by atoms with Gasteiger partial charge < -0.3 is 14.7 Å². The van der Waals surface area contributed by atoms with Crippen LogP contribution in [0.5, 0.6) is 0 Å². The SMILES string of the molecule is Cc1ccc(/C=C/c2ccc(N3c4ccccc4N(c4ccccc4)c4ccccc43)cn2)cc1C1(c2cccc(N3CCCc4ccccc43)c2)CCCC1. The van der Waals surface area contributed by atoms with Gasteiger partial charge in [0.05, 0.1) is 40.3 Å². The third-order valence-electron chi connectivity index (χ3n) is 12.3. The normalized spacial score (nSPS) is 15.8. The first-order chi connectivity index (χ1) is 27.7. The highest BCUT2D eigenvalue weighted by atomic mass is 15.3. The largest absolute Gasteiger partial charge is 0.341 e. The maximum Gasteiger partial charge on any atom is 0.0704 e. The van der Waals surface area contributed by atoms with Crippen molar-refractivity contribution in [2.75, 3.05) is 21.2 Å². The maximum atomic E-state index is 4.99. The van der Waals surface area contributed by atoms with Crippen molar-refractivity contribution in [1.82, 2.24) is 4.98 Å². The smallest absolute Gasteiger partial charge is 0.0704 e. The van der Waals surface area contributed by atoms with E-state index in [1.165, 1.54) is 71.3 Å². The topological polar surface area (TPSA) is 22.6 Å². The Morgan fingerprint density at radius 2 is 1.18 bits per heavy atom. The highest BCUT2D eigenvalue weighted by Crippen LogP contribution is 2.54. The van der Waals surface area contributed by atoms with Crippen LogP contribution in [0.3, 0.4) is 0 Å². The van der Waals surface area contributed by atoms with Crippen molar-refractivity contribution in [3.63, 3.8) is 0 Å². The van der Waals surface area contributed by atoms with Crippen molar-refractivity contribution in [3.8, 4) is 0 Å². The Labute approximate surface area is 331 Å². The Balaban J connectivity index is 0.947. The van der Waals surface area contributed by atoms with E-state index in [1.807, 2.05) is 6.20 Å². The van der Waals surface area contributed by atoms with Crippen LogP contribution in [0.1, 0.15) is 65.6 Å². The molecule has 0 radical (unpaired) electrons. The minimum Gasteiger partial charge on any atom is -0.341 e. The first kappa shape index (κ1) is 34.1. The monoisotopic (exact) mass is 726 g/mol. The minimum atomic E-state index is 0.0102. The highest BCUT2D eigenvalue weighted by molar-refractivity contribution is 6.01. The summed E-state index contributed by atoms with van der Waals surface area (Å²) >= 11 is 0. The molecule has 4 heteroatoms. The first-order valence-electron chi connectivity index (χ1n) is 20.2. The van der Waals surface area contributed by atoms with E-state index < -0.39 is 0 Å². The fourth-order valence-corrected chi connectivity index (χ4v) is 9.61. The van der Waals surface area contributed by atoms with Crippen molar-refractivity contribution < 1.29 is 0 Å². The number of anilines is 8. The van der Waals surface area contributed by atoms with Crippen LogP contribution in [0.4, 0.5) is 45.5 Å². The van der Waals surface area contributed by atoms with E-state index in [-0.39, 0.29) is 5.41 Å². The Hall–Kier alpha value is -6.39. The average molecular weight is 727 g/mol. The van der Waals surface area contributed by atoms with E-state index in [0.29, 0.717) is 0 Å². The first-order valence-corrected chi connectivity index (χ1v) is 20.2. The second-order valence-corrected chi connectivity index (χ2v) is 15.6. The molecular weight excluding hydrogens is 681 g/mol. The molecule has 7 aromatic rings. The Morgan fingerprint density at radius 1 is 0.536 bits per heavy atom. The van der Waals surface area contributed by atoms with E-state index >= 15 is 0 Å². The van der Waals surface area contributed by atoms with E-state index in [0.717, 1.165) is 52.8 Å². The molecule has 0 spiro atoms. The maximum absolute atomic E-state index is 4.99. The summed E-state index contributed by atoms with van der Waals surface area (Å²) in [5.41, 5.74) is 17.3. The lowest BCUT2D eigenvalue weighted by atomic mass is 9.71. The number of rotatable bonds is 7. The number of aromatic nitrogens is 1. The third-order valence-corrected chi connectivity index (χ3v) is 12.3. The van der Waals surface area contributed by atoms with Crippen LogP contribution in [0.2, 0.25) is 0 Å². The van der Waals surface area contributed by atoms with E-state index in [9.17, 15) is 0 Å². The van der Waals surface area contributed by atoms with Gasteiger partial charge in [0.1, 0.15) is 0 Å². The zero-order chi connectivity index (χ0) is 37.5. The molecule has 3 aliphatic rings. The van der Waals surface area contributed by atoms with Crippen LogP contribution in [0.15, 0.2) is 164 Å². The molecule has 1 fully saturated rings. The van der Waals surface area contributed by atoms with Crippen LogP contribution in [-0.4, -0.2) is 11.5 Å². The molecule has 10 rings (SSSR count). The number of aryl methyl sites for hydroxylation is 2. The van der Waals surface area contributed by atoms with Gasteiger partial charge in [-0.1, -0.05) is 110 Å². The van der Waals surface area contributed by atoms with Crippen LogP contribution in [-0.2, 0) is 11.8 Å². The molecule has 0 N–H and O–H groups in total. The highest BCUT2D eigenvalue weighted by Gasteiger charge is 2.39. The van der Waals surface area contributed by atoms with Gasteiger partial charge in [-0.25, -0.2) is 0 Å². The summed E-state index contributed by atoms with van der Waals surface area (Å²) in [5, 5.41) is 0. The van der Waals surface area contributed by atoms with Crippen LogP contribution in [0, 0.1) is 6.92 Å². The molecule has 1 saturated carbocycles. The molecule has 0 amide bonds. The number of hydrogen-bond donors (Lipinski definition) is 0.